The summed E-state index contributed by atoms with van der Waals surface area (Å²) in [5.41, 5.74) is 0. The van der Waals surface area contributed by atoms with Crippen LogP contribution in [0.1, 0.15) is 26.2 Å². The molecule has 3 fully saturated rings. The van der Waals surface area contributed by atoms with Gasteiger partial charge in [-0.25, -0.2) is 0 Å². The van der Waals surface area contributed by atoms with E-state index >= 15 is 0 Å². The number of carbonyl (C=O) groups is 1. The van der Waals surface area contributed by atoms with E-state index in [2.05, 4.69) is 5.32 Å². The number of fused-ring (bicyclic) bond motifs is 3. The van der Waals surface area contributed by atoms with Crippen molar-refractivity contribution in [3.05, 3.63) is 0 Å². The van der Waals surface area contributed by atoms with Crippen molar-refractivity contribution < 1.29 is 4.79 Å². The Bertz CT molecular complexity index is 238. The molecular formula is C10H15NO. The summed E-state index contributed by atoms with van der Waals surface area (Å²) in [6.45, 7) is 1.64. The standard InChI is InChI=1S/C10H15NO/c1-5(12)11-10-3-6-2-7(6)8-4-9(8)10/h6-10H,2-4H2,1H3,(H,11,12). The zero-order valence-corrected chi connectivity index (χ0v) is 7.42. The van der Waals surface area contributed by atoms with Gasteiger partial charge in [0.2, 0.25) is 5.91 Å². The lowest BCUT2D eigenvalue weighted by Crippen LogP contribution is -2.37. The van der Waals surface area contributed by atoms with Gasteiger partial charge in [0.1, 0.15) is 0 Å². The van der Waals surface area contributed by atoms with E-state index in [1.807, 2.05) is 0 Å². The van der Waals surface area contributed by atoms with Gasteiger partial charge in [0.15, 0.2) is 0 Å². The third kappa shape index (κ3) is 0.900. The zero-order chi connectivity index (χ0) is 8.29. The Labute approximate surface area is 72.7 Å². The topological polar surface area (TPSA) is 29.1 Å². The van der Waals surface area contributed by atoms with Gasteiger partial charge in [-0.05, 0) is 42.9 Å². The van der Waals surface area contributed by atoms with Gasteiger partial charge in [-0.3, -0.25) is 4.79 Å². The van der Waals surface area contributed by atoms with Gasteiger partial charge >= 0.3 is 0 Å². The van der Waals surface area contributed by atoms with Gasteiger partial charge in [-0.15, -0.1) is 0 Å². The number of hydrogen-bond acceptors (Lipinski definition) is 1. The highest BCUT2D eigenvalue weighted by Crippen LogP contribution is 2.65. The molecule has 1 N–H and O–H groups in total. The summed E-state index contributed by atoms with van der Waals surface area (Å²) in [7, 11) is 0. The Hall–Kier alpha value is -0.530. The summed E-state index contributed by atoms with van der Waals surface area (Å²) in [5, 5.41) is 3.09. The molecule has 5 unspecified atom stereocenters. The van der Waals surface area contributed by atoms with Gasteiger partial charge < -0.3 is 5.32 Å². The second-order valence-electron chi connectivity index (χ2n) is 4.77. The second-order valence-corrected chi connectivity index (χ2v) is 4.77. The maximum atomic E-state index is 10.9. The van der Waals surface area contributed by atoms with Crippen LogP contribution in [-0.4, -0.2) is 11.9 Å². The Balaban J connectivity index is 1.68. The first-order valence-electron chi connectivity index (χ1n) is 5.03. The summed E-state index contributed by atoms with van der Waals surface area (Å²) in [4.78, 5) is 10.9. The summed E-state index contributed by atoms with van der Waals surface area (Å²) in [5.74, 6) is 4.06. The van der Waals surface area contributed by atoms with Crippen LogP contribution in [0.4, 0.5) is 0 Å². The molecule has 3 rings (SSSR count). The minimum absolute atomic E-state index is 0.157. The van der Waals surface area contributed by atoms with Gasteiger partial charge in [0.05, 0.1) is 0 Å². The fourth-order valence-electron chi connectivity index (χ4n) is 3.19. The molecule has 3 aliphatic rings. The summed E-state index contributed by atoms with van der Waals surface area (Å²) < 4.78 is 0. The summed E-state index contributed by atoms with van der Waals surface area (Å²) in [6, 6.07) is 0.538. The predicted octanol–water partition coefficient (Wildman–Crippen LogP) is 1.17. The van der Waals surface area contributed by atoms with E-state index in [1.165, 1.54) is 19.3 Å². The van der Waals surface area contributed by atoms with Crippen molar-refractivity contribution >= 4 is 5.91 Å². The molecule has 2 nitrogen and oxygen atoms in total. The number of hydrogen-bond donors (Lipinski definition) is 1. The minimum Gasteiger partial charge on any atom is -0.353 e. The SMILES string of the molecule is CC(=O)NC1CC2CC2C2CC12. The molecule has 0 radical (unpaired) electrons. The monoisotopic (exact) mass is 165 g/mol. The van der Waals surface area contributed by atoms with Crippen molar-refractivity contribution in [2.45, 2.75) is 32.2 Å². The maximum absolute atomic E-state index is 10.9. The molecule has 0 aliphatic heterocycles. The molecule has 12 heavy (non-hydrogen) atoms. The Morgan fingerprint density at radius 2 is 2.00 bits per heavy atom. The molecule has 0 aromatic heterocycles. The van der Waals surface area contributed by atoms with Gasteiger partial charge in [-0.2, -0.15) is 0 Å². The third-order valence-corrected chi connectivity index (χ3v) is 3.88. The van der Waals surface area contributed by atoms with Crippen LogP contribution in [0.25, 0.3) is 0 Å². The first-order valence-corrected chi connectivity index (χ1v) is 5.03. The smallest absolute Gasteiger partial charge is 0.217 e. The first kappa shape index (κ1) is 6.93. The average molecular weight is 165 g/mol. The molecule has 5 atom stereocenters. The minimum atomic E-state index is 0.157. The van der Waals surface area contributed by atoms with Gasteiger partial charge in [-0.1, -0.05) is 0 Å². The van der Waals surface area contributed by atoms with E-state index in [-0.39, 0.29) is 5.91 Å². The molecule has 0 spiro atoms. The van der Waals surface area contributed by atoms with Crippen LogP contribution in [0.2, 0.25) is 0 Å². The fourth-order valence-corrected chi connectivity index (χ4v) is 3.19. The lowest BCUT2D eigenvalue weighted by Gasteiger charge is -2.21. The Morgan fingerprint density at radius 3 is 2.75 bits per heavy atom. The van der Waals surface area contributed by atoms with Crippen LogP contribution in [0.5, 0.6) is 0 Å². The van der Waals surface area contributed by atoms with Crippen LogP contribution < -0.4 is 5.32 Å². The highest BCUT2D eigenvalue weighted by Gasteiger charge is 2.60. The van der Waals surface area contributed by atoms with Crippen molar-refractivity contribution in [3.8, 4) is 0 Å². The van der Waals surface area contributed by atoms with Crippen molar-refractivity contribution in [1.82, 2.24) is 5.32 Å². The quantitative estimate of drug-likeness (QED) is 0.621. The largest absolute Gasteiger partial charge is 0.353 e. The van der Waals surface area contributed by atoms with E-state index in [0.29, 0.717) is 6.04 Å². The van der Waals surface area contributed by atoms with Gasteiger partial charge in [0.25, 0.3) is 0 Å². The van der Waals surface area contributed by atoms with E-state index in [9.17, 15) is 4.79 Å². The highest BCUT2D eigenvalue weighted by atomic mass is 16.1. The lowest BCUT2D eigenvalue weighted by molar-refractivity contribution is -0.120. The second kappa shape index (κ2) is 2.04. The first-order chi connectivity index (χ1) is 5.75. The van der Waals surface area contributed by atoms with Gasteiger partial charge in [0, 0.05) is 13.0 Å². The van der Waals surface area contributed by atoms with Crippen LogP contribution in [-0.2, 0) is 4.79 Å². The summed E-state index contributed by atoms with van der Waals surface area (Å²) >= 11 is 0. The molecule has 66 valence electrons. The van der Waals surface area contributed by atoms with Crippen molar-refractivity contribution in [3.63, 3.8) is 0 Å². The number of amides is 1. The molecule has 0 heterocycles. The van der Waals surface area contributed by atoms with Crippen molar-refractivity contribution in [1.29, 1.82) is 0 Å². The predicted molar refractivity (Wildman–Crippen MR) is 45.4 cm³/mol. The van der Waals surface area contributed by atoms with E-state index < -0.39 is 0 Å². The molecule has 3 saturated carbocycles. The van der Waals surface area contributed by atoms with Crippen molar-refractivity contribution in [2.24, 2.45) is 23.7 Å². The van der Waals surface area contributed by atoms with E-state index in [1.54, 1.807) is 6.92 Å². The number of rotatable bonds is 1. The fraction of sp³-hybridized carbons (Fsp3) is 0.900. The average Bonchev–Trinajstić information content (AvgIpc) is 2.78. The van der Waals surface area contributed by atoms with E-state index in [4.69, 9.17) is 0 Å². The Kier molecular flexibility index (Phi) is 1.18. The third-order valence-electron chi connectivity index (χ3n) is 3.88. The molecule has 0 aromatic carbocycles. The molecule has 2 heteroatoms. The molecule has 0 aromatic rings. The lowest BCUT2D eigenvalue weighted by atomic mass is 9.95. The van der Waals surface area contributed by atoms with Crippen LogP contribution in [0.15, 0.2) is 0 Å². The summed E-state index contributed by atoms with van der Waals surface area (Å²) in [6.07, 6.45) is 4.12. The number of carbonyl (C=O) groups excluding carboxylic acids is 1. The normalized spacial score (nSPS) is 53.6. The zero-order valence-electron chi connectivity index (χ0n) is 7.42. The molecule has 3 aliphatic carbocycles. The molecule has 1 amide bonds. The molecular weight excluding hydrogens is 150 g/mol. The van der Waals surface area contributed by atoms with Crippen LogP contribution >= 0.6 is 0 Å². The van der Waals surface area contributed by atoms with E-state index in [0.717, 1.165) is 23.7 Å². The van der Waals surface area contributed by atoms with Crippen LogP contribution in [0.3, 0.4) is 0 Å². The molecule has 0 bridgehead atoms. The maximum Gasteiger partial charge on any atom is 0.217 e. The Morgan fingerprint density at radius 1 is 1.17 bits per heavy atom. The van der Waals surface area contributed by atoms with Crippen molar-refractivity contribution in [2.75, 3.05) is 0 Å². The number of nitrogens with one attached hydrogen (secondary N) is 1. The highest BCUT2D eigenvalue weighted by molar-refractivity contribution is 5.73. The molecule has 0 saturated heterocycles. The van der Waals surface area contributed by atoms with Crippen LogP contribution in [0, 0.1) is 23.7 Å².